The Bertz CT molecular complexity index is 651. The molecular formula is C11H7BrFN3O3. The van der Waals surface area contributed by atoms with Crippen LogP contribution in [0.25, 0.3) is 0 Å². The smallest absolute Gasteiger partial charge is 0.311 e. The number of nitrogens with zero attached hydrogens (tertiary/aromatic N) is 2. The Balaban J connectivity index is 2.42. The number of aromatic nitrogens is 1. The van der Waals surface area contributed by atoms with E-state index in [1.54, 1.807) is 0 Å². The van der Waals surface area contributed by atoms with Crippen LogP contribution in [0.5, 0.6) is 11.6 Å². The maximum absolute atomic E-state index is 13.1. The van der Waals surface area contributed by atoms with Crippen LogP contribution in [-0.2, 0) is 0 Å². The van der Waals surface area contributed by atoms with E-state index >= 15 is 0 Å². The molecule has 2 aromatic rings. The van der Waals surface area contributed by atoms with Crippen molar-refractivity contribution in [2.45, 2.75) is 0 Å². The zero-order valence-electron chi connectivity index (χ0n) is 9.34. The second kappa shape index (κ2) is 5.19. The summed E-state index contributed by atoms with van der Waals surface area (Å²) in [7, 11) is 0. The van der Waals surface area contributed by atoms with Crippen molar-refractivity contribution in [2.24, 2.45) is 0 Å². The van der Waals surface area contributed by atoms with Crippen LogP contribution in [0.15, 0.2) is 34.9 Å². The Morgan fingerprint density at radius 1 is 1.42 bits per heavy atom. The number of anilines is 1. The SMILES string of the molecule is Nc1cc(Br)cnc1Oc1cc(F)ccc1[N+](=O)[O-]. The molecule has 0 spiro atoms. The zero-order valence-corrected chi connectivity index (χ0v) is 10.9. The molecule has 6 nitrogen and oxygen atoms in total. The molecule has 0 atom stereocenters. The van der Waals surface area contributed by atoms with Crippen molar-refractivity contribution in [3.63, 3.8) is 0 Å². The highest BCUT2D eigenvalue weighted by Gasteiger charge is 2.18. The van der Waals surface area contributed by atoms with Gasteiger partial charge in [0.05, 0.1) is 10.6 Å². The summed E-state index contributed by atoms with van der Waals surface area (Å²) in [5.41, 5.74) is 5.46. The molecule has 0 fully saturated rings. The molecule has 98 valence electrons. The fourth-order valence-corrected chi connectivity index (χ4v) is 1.70. The van der Waals surface area contributed by atoms with Gasteiger partial charge in [0.15, 0.2) is 0 Å². The van der Waals surface area contributed by atoms with Crippen molar-refractivity contribution in [3.8, 4) is 11.6 Å². The fourth-order valence-electron chi connectivity index (χ4n) is 1.35. The molecule has 1 aromatic heterocycles. The van der Waals surface area contributed by atoms with E-state index < -0.39 is 10.7 Å². The van der Waals surface area contributed by atoms with Gasteiger partial charge in [0.25, 0.3) is 0 Å². The van der Waals surface area contributed by atoms with E-state index in [1.165, 1.54) is 12.3 Å². The highest BCUT2D eigenvalue weighted by Crippen LogP contribution is 2.33. The first-order chi connectivity index (χ1) is 8.97. The molecule has 0 aliphatic rings. The van der Waals surface area contributed by atoms with Gasteiger partial charge in [0.2, 0.25) is 11.6 Å². The van der Waals surface area contributed by atoms with Crippen LogP contribution in [-0.4, -0.2) is 9.91 Å². The number of halogens is 2. The van der Waals surface area contributed by atoms with Gasteiger partial charge in [0.1, 0.15) is 5.82 Å². The van der Waals surface area contributed by atoms with Crippen molar-refractivity contribution >= 4 is 27.3 Å². The van der Waals surface area contributed by atoms with Crippen LogP contribution in [0.4, 0.5) is 15.8 Å². The second-order valence-electron chi connectivity index (χ2n) is 3.52. The second-order valence-corrected chi connectivity index (χ2v) is 4.43. The van der Waals surface area contributed by atoms with Crippen LogP contribution < -0.4 is 10.5 Å². The normalized spacial score (nSPS) is 10.2. The van der Waals surface area contributed by atoms with Gasteiger partial charge in [-0.1, -0.05) is 0 Å². The van der Waals surface area contributed by atoms with Crippen LogP contribution in [0.1, 0.15) is 0 Å². The minimum atomic E-state index is -0.677. The Labute approximate surface area is 115 Å². The molecule has 19 heavy (non-hydrogen) atoms. The highest BCUT2D eigenvalue weighted by molar-refractivity contribution is 9.10. The number of hydrogen-bond donors (Lipinski definition) is 1. The molecule has 2 N–H and O–H groups in total. The maximum Gasteiger partial charge on any atom is 0.311 e. The average molecular weight is 328 g/mol. The molecule has 0 aliphatic heterocycles. The van der Waals surface area contributed by atoms with Crippen LogP contribution in [0, 0.1) is 15.9 Å². The summed E-state index contributed by atoms with van der Waals surface area (Å²) >= 11 is 3.16. The third-order valence-corrected chi connectivity index (χ3v) is 2.60. The lowest BCUT2D eigenvalue weighted by Gasteiger charge is -2.07. The molecule has 8 heteroatoms. The number of nitro groups is 1. The maximum atomic E-state index is 13.1. The summed E-state index contributed by atoms with van der Waals surface area (Å²) in [6.45, 7) is 0. The predicted octanol–water partition coefficient (Wildman–Crippen LogP) is 3.27. The number of rotatable bonds is 3. The third kappa shape index (κ3) is 2.97. The van der Waals surface area contributed by atoms with Gasteiger partial charge in [-0.25, -0.2) is 9.37 Å². The molecule has 0 saturated carbocycles. The number of pyridine rings is 1. The number of hydrogen-bond acceptors (Lipinski definition) is 5. The largest absolute Gasteiger partial charge is 0.430 e. The van der Waals surface area contributed by atoms with Gasteiger partial charge < -0.3 is 10.5 Å². The van der Waals surface area contributed by atoms with E-state index in [0.717, 1.165) is 18.2 Å². The van der Waals surface area contributed by atoms with Gasteiger partial charge in [-0.3, -0.25) is 10.1 Å². The van der Waals surface area contributed by atoms with E-state index in [9.17, 15) is 14.5 Å². The predicted molar refractivity (Wildman–Crippen MR) is 69.5 cm³/mol. The van der Waals surface area contributed by atoms with E-state index in [4.69, 9.17) is 10.5 Å². The summed E-state index contributed by atoms with van der Waals surface area (Å²) in [6.07, 6.45) is 1.41. The first-order valence-corrected chi connectivity index (χ1v) is 5.79. The zero-order chi connectivity index (χ0) is 14.0. The molecule has 0 aliphatic carbocycles. The quantitative estimate of drug-likeness (QED) is 0.690. The van der Waals surface area contributed by atoms with Crippen molar-refractivity contribution in [1.82, 2.24) is 4.98 Å². The lowest BCUT2D eigenvalue weighted by Crippen LogP contribution is -1.98. The number of nitrogen functional groups attached to an aromatic ring is 1. The van der Waals surface area contributed by atoms with Crippen LogP contribution in [0.2, 0.25) is 0 Å². The van der Waals surface area contributed by atoms with E-state index in [1.807, 2.05) is 0 Å². The fraction of sp³-hybridized carbons (Fsp3) is 0. The first-order valence-electron chi connectivity index (χ1n) is 5.00. The number of ether oxygens (including phenoxy) is 1. The van der Waals surface area contributed by atoms with Gasteiger partial charge in [0, 0.05) is 22.8 Å². The molecular weight excluding hydrogens is 321 g/mol. The number of nitrogens with two attached hydrogens (primary N) is 1. The van der Waals surface area contributed by atoms with E-state index in [-0.39, 0.29) is 23.0 Å². The minimum absolute atomic E-state index is 0.0306. The van der Waals surface area contributed by atoms with Crippen molar-refractivity contribution < 1.29 is 14.1 Å². The molecule has 0 amide bonds. The van der Waals surface area contributed by atoms with Crippen LogP contribution >= 0.6 is 15.9 Å². The molecule has 0 unspecified atom stereocenters. The summed E-state index contributed by atoms with van der Waals surface area (Å²) in [5, 5.41) is 10.8. The Morgan fingerprint density at radius 2 is 2.16 bits per heavy atom. The molecule has 0 radical (unpaired) electrons. The standard InChI is InChI=1S/C11H7BrFN3O3/c12-6-3-8(14)11(15-5-6)19-10-4-7(13)1-2-9(10)16(17)18/h1-5H,14H2. The van der Waals surface area contributed by atoms with Gasteiger partial charge in [-0.05, 0) is 28.1 Å². The Hall–Kier alpha value is -2.22. The lowest BCUT2D eigenvalue weighted by atomic mass is 10.3. The Morgan fingerprint density at radius 3 is 2.79 bits per heavy atom. The van der Waals surface area contributed by atoms with E-state index in [0.29, 0.717) is 4.47 Å². The van der Waals surface area contributed by atoms with Gasteiger partial charge in [-0.15, -0.1) is 0 Å². The van der Waals surface area contributed by atoms with Crippen LogP contribution in [0.3, 0.4) is 0 Å². The Kier molecular flexibility index (Phi) is 3.61. The molecule has 0 bridgehead atoms. The monoisotopic (exact) mass is 327 g/mol. The molecule has 2 rings (SSSR count). The van der Waals surface area contributed by atoms with Crippen molar-refractivity contribution in [1.29, 1.82) is 0 Å². The number of benzene rings is 1. The highest BCUT2D eigenvalue weighted by atomic mass is 79.9. The van der Waals surface area contributed by atoms with Gasteiger partial charge >= 0.3 is 5.69 Å². The molecule has 1 aromatic carbocycles. The van der Waals surface area contributed by atoms with Gasteiger partial charge in [-0.2, -0.15) is 0 Å². The number of nitro benzene ring substituents is 1. The lowest BCUT2D eigenvalue weighted by molar-refractivity contribution is -0.385. The first kappa shape index (κ1) is 13.2. The summed E-state index contributed by atoms with van der Waals surface area (Å²) in [4.78, 5) is 14.0. The third-order valence-electron chi connectivity index (χ3n) is 2.17. The summed E-state index contributed by atoms with van der Waals surface area (Å²) in [5.74, 6) is -0.945. The van der Waals surface area contributed by atoms with E-state index in [2.05, 4.69) is 20.9 Å². The summed E-state index contributed by atoms with van der Waals surface area (Å²) in [6, 6.07) is 4.41. The molecule has 1 heterocycles. The summed E-state index contributed by atoms with van der Waals surface area (Å²) < 4.78 is 18.9. The average Bonchev–Trinajstić information content (AvgIpc) is 2.32. The molecule has 0 saturated heterocycles. The van der Waals surface area contributed by atoms with Crippen molar-refractivity contribution in [3.05, 3.63) is 50.9 Å². The topological polar surface area (TPSA) is 91.3 Å². The van der Waals surface area contributed by atoms with Crippen molar-refractivity contribution in [2.75, 3.05) is 5.73 Å². The minimum Gasteiger partial charge on any atom is -0.430 e.